The normalized spacial score (nSPS) is 11.3. The quantitative estimate of drug-likeness (QED) is 0.550. The van der Waals surface area contributed by atoms with E-state index in [1.54, 1.807) is 20.3 Å². The number of hydrogen-bond donors (Lipinski definition) is 1. The average Bonchev–Trinajstić information content (AvgIpc) is 2.60. The maximum Gasteiger partial charge on any atom is 0.130 e. The molecule has 0 saturated heterocycles. The number of nitrogens with zero attached hydrogens (tertiary/aromatic N) is 1. The Hall–Kier alpha value is -3.01. The Morgan fingerprint density at radius 2 is 1.71 bits per heavy atom. The van der Waals surface area contributed by atoms with Crippen molar-refractivity contribution in [2.75, 3.05) is 14.2 Å². The first kappa shape index (κ1) is 14.6. The molecule has 0 atom stereocenters. The van der Waals surface area contributed by atoms with Crippen LogP contribution in [0, 0.1) is 6.92 Å². The molecule has 120 valence electrons. The number of aryl methyl sites for hydroxylation is 1. The van der Waals surface area contributed by atoms with Crippen LogP contribution in [0.25, 0.3) is 32.4 Å². The first-order valence-electron chi connectivity index (χ1n) is 7.69. The first-order chi connectivity index (χ1) is 11.6. The fourth-order valence-corrected chi connectivity index (χ4v) is 3.38. The molecule has 0 aliphatic carbocycles. The fraction of sp³-hybridized carbons (Fsp3) is 0.150. The van der Waals surface area contributed by atoms with Gasteiger partial charge in [-0.25, -0.2) is 0 Å². The van der Waals surface area contributed by atoms with E-state index in [0.717, 1.165) is 38.4 Å². The molecule has 24 heavy (non-hydrogen) atoms. The van der Waals surface area contributed by atoms with Crippen molar-refractivity contribution < 1.29 is 14.6 Å². The highest BCUT2D eigenvalue weighted by atomic mass is 16.5. The predicted octanol–water partition coefficient (Wildman–Crippen LogP) is 4.57. The lowest BCUT2D eigenvalue weighted by Crippen LogP contribution is -1.92. The Labute approximate surface area is 139 Å². The van der Waals surface area contributed by atoms with Crippen molar-refractivity contribution in [3.63, 3.8) is 0 Å². The van der Waals surface area contributed by atoms with E-state index in [1.165, 1.54) is 0 Å². The monoisotopic (exact) mass is 319 g/mol. The third-order valence-corrected chi connectivity index (χ3v) is 4.39. The third-order valence-electron chi connectivity index (χ3n) is 4.39. The van der Waals surface area contributed by atoms with Crippen LogP contribution in [0.15, 0.2) is 42.6 Å². The highest BCUT2D eigenvalue weighted by Crippen LogP contribution is 2.41. The minimum atomic E-state index is 0.173. The number of phenolic OH excluding ortho intramolecular Hbond substituents is 1. The van der Waals surface area contributed by atoms with Crippen LogP contribution in [0.4, 0.5) is 0 Å². The summed E-state index contributed by atoms with van der Waals surface area (Å²) in [7, 11) is 3.25. The smallest absolute Gasteiger partial charge is 0.130 e. The zero-order chi connectivity index (χ0) is 16.8. The number of rotatable bonds is 2. The summed E-state index contributed by atoms with van der Waals surface area (Å²) in [6, 6.07) is 11.5. The molecular formula is C20H17NO3. The van der Waals surface area contributed by atoms with E-state index in [-0.39, 0.29) is 5.75 Å². The molecule has 0 amide bonds. The number of ether oxygens (including phenoxy) is 2. The van der Waals surface area contributed by atoms with E-state index in [2.05, 4.69) is 11.1 Å². The average molecular weight is 319 g/mol. The second-order valence-corrected chi connectivity index (χ2v) is 5.86. The fourth-order valence-electron chi connectivity index (χ4n) is 3.38. The molecule has 0 aliphatic rings. The SMILES string of the molecule is COc1cccc2c1c(O)cc1c2ncc2cc(C)cc(OC)c21. The van der Waals surface area contributed by atoms with Gasteiger partial charge in [0.15, 0.2) is 0 Å². The molecule has 1 aromatic heterocycles. The summed E-state index contributed by atoms with van der Waals surface area (Å²) in [5, 5.41) is 14.9. The van der Waals surface area contributed by atoms with Crippen LogP contribution < -0.4 is 9.47 Å². The molecular weight excluding hydrogens is 302 g/mol. The Balaban J connectivity index is 2.27. The van der Waals surface area contributed by atoms with E-state index < -0.39 is 0 Å². The van der Waals surface area contributed by atoms with Gasteiger partial charge >= 0.3 is 0 Å². The second-order valence-electron chi connectivity index (χ2n) is 5.86. The van der Waals surface area contributed by atoms with Gasteiger partial charge in [0.2, 0.25) is 0 Å². The Kier molecular flexibility index (Phi) is 3.20. The van der Waals surface area contributed by atoms with E-state index in [1.807, 2.05) is 37.4 Å². The van der Waals surface area contributed by atoms with E-state index >= 15 is 0 Å². The van der Waals surface area contributed by atoms with Crippen LogP contribution >= 0.6 is 0 Å². The van der Waals surface area contributed by atoms with Crippen molar-refractivity contribution in [1.29, 1.82) is 0 Å². The molecule has 0 aliphatic heterocycles. The molecule has 4 aromatic rings. The highest BCUT2D eigenvalue weighted by molar-refractivity contribution is 6.19. The molecule has 3 aromatic carbocycles. The van der Waals surface area contributed by atoms with Gasteiger partial charge in [0.1, 0.15) is 17.2 Å². The van der Waals surface area contributed by atoms with Crippen molar-refractivity contribution in [2.24, 2.45) is 0 Å². The highest BCUT2D eigenvalue weighted by Gasteiger charge is 2.15. The Bertz CT molecular complexity index is 1100. The molecule has 1 N–H and O–H groups in total. The largest absolute Gasteiger partial charge is 0.507 e. The summed E-state index contributed by atoms with van der Waals surface area (Å²) in [4.78, 5) is 4.65. The predicted molar refractivity (Wildman–Crippen MR) is 96.3 cm³/mol. The number of pyridine rings is 1. The molecule has 4 heteroatoms. The summed E-state index contributed by atoms with van der Waals surface area (Å²) < 4.78 is 11.0. The van der Waals surface area contributed by atoms with Gasteiger partial charge in [-0.3, -0.25) is 4.98 Å². The summed E-state index contributed by atoms with van der Waals surface area (Å²) in [6.45, 7) is 2.02. The number of methoxy groups -OCH3 is 2. The van der Waals surface area contributed by atoms with Crippen LogP contribution in [0.1, 0.15) is 5.56 Å². The minimum Gasteiger partial charge on any atom is -0.507 e. The molecule has 0 bridgehead atoms. The van der Waals surface area contributed by atoms with E-state index in [0.29, 0.717) is 11.1 Å². The van der Waals surface area contributed by atoms with Crippen LogP contribution in [-0.2, 0) is 0 Å². The van der Waals surface area contributed by atoms with Crippen molar-refractivity contribution in [2.45, 2.75) is 6.92 Å². The lowest BCUT2D eigenvalue weighted by molar-refractivity contribution is 0.416. The molecule has 4 rings (SSSR count). The van der Waals surface area contributed by atoms with Crippen LogP contribution in [-0.4, -0.2) is 24.3 Å². The number of hydrogen-bond acceptors (Lipinski definition) is 4. The molecule has 0 fully saturated rings. The number of phenols is 1. The Morgan fingerprint density at radius 1 is 0.917 bits per heavy atom. The number of aromatic nitrogens is 1. The van der Waals surface area contributed by atoms with Gasteiger partial charge < -0.3 is 14.6 Å². The van der Waals surface area contributed by atoms with Crippen LogP contribution in [0.3, 0.4) is 0 Å². The van der Waals surface area contributed by atoms with Gasteiger partial charge in [-0.05, 0) is 36.8 Å². The maximum absolute atomic E-state index is 10.6. The number of aromatic hydroxyl groups is 1. The van der Waals surface area contributed by atoms with Crippen molar-refractivity contribution in [3.8, 4) is 17.2 Å². The van der Waals surface area contributed by atoms with Gasteiger partial charge in [0.25, 0.3) is 0 Å². The van der Waals surface area contributed by atoms with Gasteiger partial charge in [-0.2, -0.15) is 0 Å². The Morgan fingerprint density at radius 3 is 2.46 bits per heavy atom. The lowest BCUT2D eigenvalue weighted by Gasteiger charge is -2.13. The first-order valence-corrected chi connectivity index (χ1v) is 7.69. The third kappa shape index (κ3) is 1.96. The van der Waals surface area contributed by atoms with Crippen molar-refractivity contribution in [3.05, 3.63) is 48.2 Å². The molecule has 1 heterocycles. The summed E-state index contributed by atoms with van der Waals surface area (Å²) in [5.74, 6) is 1.58. The molecule has 0 saturated carbocycles. The summed E-state index contributed by atoms with van der Waals surface area (Å²) in [6.07, 6.45) is 1.85. The van der Waals surface area contributed by atoms with Crippen LogP contribution in [0.2, 0.25) is 0 Å². The summed E-state index contributed by atoms with van der Waals surface area (Å²) >= 11 is 0. The maximum atomic E-state index is 10.6. The van der Waals surface area contributed by atoms with Crippen molar-refractivity contribution >= 4 is 32.4 Å². The van der Waals surface area contributed by atoms with Gasteiger partial charge in [0, 0.05) is 27.7 Å². The van der Waals surface area contributed by atoms with Gasteiger partial charge in [0.05, 0.1) is 25.1 Å². The lowest BCUT2D eigenvalue weighted by atomic mass is 9.98. The van der Waals surface area contributed by atoms with Crippen molar-refractivity contribution in [1.82, 2.24) is 4.98 Å². The zero-order valence-electron chi connectivity index (χ0n) is 13.8. The van der Waals surface area contributed by atoms with Gasteiger partial charge in [-0.1, -0.05) is 12.1 Å². The van der Waals surface area contributed by atoms with Gasteiger partial charge in [-0.15, -0.1) is 0 Å². The molecule has 0 unspecified atom stereocenters. The topological polar surface area (TPSA) is 51.6 Å². The van der Waals surface area contributed by atoms with Crippen LogP contribution in [0.5, 0.6) is 17.2 Å². The molecule has 4 nitrogen and oxygen atoms in total. The molecule has 0 radical (unpaired) electrons. The number of benzene rings is 3. The standard InChI is InChI=1S/C20H17NO3/c1-11-7-12-10-21-20-13-5-4-6-16(23-2)19(13)15(22)9-14(20)18(12)17(8-11)24-3/h4-10,22H,1-3H3. The zero-order valence-corrected chi connectivity index (χ0v) is 13.8. The second kappa shape index (κ2) is 5.27. The summed E-state index contributed by atoms with van der Waals surface area (Å²) in [5.41, 5.74) is 1.92. The minimum absolute atomic E-state index is 0.173. The molecule has 0 spiro atoms. The number of fused-ring (bicyclic) bond motifs is 5. The van der Waals surface area contributed by atoms with E-state index in [4.69, 9.17) is 9.47 Å². The van der Waals surface area contributed by atoms with E-state index in [9.17, 15) is 5.11 Å².